The number of nitrogens with one attached hydrogen (secondary N) is 1. The molecule has 0 radical (unpaired) electrons. The van der Waals surface area contributed by atoms with E-state index in [-0.39, 0.29) is 0 Å². The molecule has 0 heterocycles. The number of amides is 1. The van der Waals surface area contributed by atoms with Crippen LogP contribution < -0.4 is 4.72 Å². The molecule has 1 amide bonds. The van der Waals surface area contributed by atoms with Gasteiger partial charge in [0.1, 0.15) is 0 Å². The fourth-order valence-electron chi connectivity index (χ4n) is 0.0802. The summed E-state index contributed by atoms with van der Waals surface area (Å²) in [5.74, 6) is 0. The Hall–Kier alpha value is 0.110. The van der Waals surface area contributed by atoms with Gasteiger partial charge in [0.25, 0.3) is 0 Å². The number of rotatable bonds is 1. The summed E-state index contributed by atoms with van der Waals surface area (Å²) in [5.41, 5.74) is 0. The first-order valence-corrected chi connectivity index (χ1v) is 2.86. The minimum Gasteiger partial charge on any atom is -0.287 e. The molecular formula is C2H4ClNOS. The van der Waals surface area contributed by atoms with Crippen LogP contribution in [0.2, 0.25) is 0 Å². The number of hydrogen-bond donors (Lipinski definition) is 1. The van der Waals surface area contributed by atoms with Crippen molar-refractivity contribution in [3.8, 4) is 0 Å². The van der Waals surface area contributed by atoms with Gasteiger partial charge < -0.3 is 0 Å². The first kappa shape index (κ1) is 6.11. The topological polar surface area (TPSA) is 29.1 Å². The quantitative estimate of drug-likeness (QED) is 0.324. The monoisotopic (exact) mass is 125 g/mol. The van der Waals surface area contributed by atoms with Crippen molar-refractivity contribution >= 4 is 28.9 Å². The van der Waals surface area contributed by atoms with Crippen LogP contribution in [0.15, 0.2) is 0 Å². The molecule has 0 saturated carbocycles. The van der Waals surface area contributed by atoms with Crippen LogP contribution in [0.5, 0.6) is 0 Å². The zero-order valence-corrected chi connectivity index (χ0v) is 4.77. The largest absolute Gasteiger partial charge is 0.323 e. The van der Waals surface area contributed by atoms with E-state index in [1.165, 1.54) is 11.9 Å². The Morgan fingerprint density at radius 2 is 2.50 bits per heavy atom. The lowest BCUT2D eigenvalue weighted by molar-refractivity contribution is 0.264. The molecule has 0 unspecified atom stereocenters. The smallest absolute Gasteiger partial charge is 0.287 e. The van der Waals surface area contributed by atoms with E-state index in [2.05, 4.69) is 4.72 Å². The van der Waals surface area contributed by atoms with Gasteiger partial charge >= 0.3 is 5.37 Å². The molecule has 0 aliphatic heterocycles. The van der Waals surface area contributed by atoms with Crippen LogP contribution in [0.4, 0.5) is 4.79 Å². The SMILES string of the molecule is CSNC(=O)Cl. The van der Waals surface area contributed by atoms with Gasteiger partial charge in [0.05, 0.1) is 0 Å². The number of hydrogen-bond acceptors (Lipinski definition) is 2. The highest BCUT2D eigenvalue weighted by Crippen LogP contribution is 1.84. The molecule has 0 aromatic heterocycles. The first-order valence-electron chi connectivity index (χ1n) is 1.26. The summed E-state index contributed by atoms with van der Waals surface area (Å²) in [6.07, 6.45) is 1.72. The normalized spacial score (nSPS) is 7.67. The molecule has 0 spiro atoms. The highest BCUT2D eigenvalue weighted by Gasteiger charge is 1.83. The summed E-state index contributed by atoms with van der Waals surface area (Å²) in [4.78, 5) is 9.68. The summed E-state index contributed by atoms with van der Waals surface area (Å²) in [6, 6.07) is 0. The van der Waals surface area contributed by atoms with Crippen molar-refractivity contribution in [1.29, 1.82) is 0 Å². The second-order valence-corrected chi connectivity index (χ2v) is 1.54. The van der Waals surface area contributed by atoms with Gasteiger partial charge in [-0.2, -0.15) is 0 Å². The van der Waals surface area contributed by atoms with E-state index in [1.807, 2.05) is 0 Å². The third kappa shape index (κ3) is 4.11. The molecule has 0 saturated heterocycles. The van der Waals surface area contributed by atoms with Gasteiger partial charge in [-0.15, -0.1) is 0 Å². The van der Waals surface area contributed by atoms with E-state index in [4.69, 9.17) is 11.6 Å². The minimum absolute atomic E-state index is 0.525. The molecule has 0 bridgehead atoms. The van der Waals surface area contributed by atoms with Crippen molar-refractivity contribution in [2.24, 2.45) is 0 Å². The van der Waals surface area contributed by atoms with E-state index in [0.717, 1.165) is 0 Å². The van der Waals surface area contributed by atoms with Crippen molar-refractivity contribution in [3.63, 3.8) is 0 Å². The second-order valence-electron chi connectivity index (χ2n) is 0.580. The minimum atomic E-state index is -0.525. The lowest BCUT2D eigenvalue weighted by Crippen LogP contribution is -2.03. The Morgan fingerprint density at radius 1 is 2.00 bits per heavy atom. The van der Waals surface area contributed by atoms with Gasteiger partial charge in [0, 0.05) is 6.26 Å². The number of carbonyl (C=O) groups is 1. The molecule has 0 aliphatic rings. The average molecular weight is 126 g/mol. The summed E-state index contributed by atoms with van der Waals surface area (Å²) >= 11 is 5.99. The fourth-order valence-corrected chi connectivity index (χ4v) is 0.472. The van der Waals surface area contributed by atoms with Crippen LogP contribution in [0.3, 0.4) is 0 Å². The maximum Gasteiger partial charge on any atom is 0.323 e. The van der Waals surface area contributed by atoms with E-state index in [0.29, 0.717) is 0 Å². The van der Waals surface area contributed by atoms with Crippen molar-refractivity contribution in [2.45, 2.75) is 0 Å². The summed E-state index contributed by atoms with van der Waals surface area (Å²) in [6.45, 7) is 0. The first-order chi connectivity index (χ1) is 2.77. The molecule has 0 aromatic rings. The van der Waals surface area contributed by atoms with Gasteiger partial charge in [-0.3, -0.25) is 9.52 Å². The zero-order chi connectivity index (χ0) is 4.99. The van der Waals surface area contributed by atoms with Gasteiger partial charge in [-0.05, 0) is 11.6 Å². The van der Waals surface area contributed by atoms with Gasteiger partial charge in [-0.25, -0.2) is 0 Å². The van der Waals surface area contributed by atoms with Gasteiger partial charge in [0.15, 0.2) is 0 Å². The Kier molecular flexibility index (Phi) is 3.37. The molecule has 4 heteroatoms. The van der Waals surface area contributed by atoms with E-state index in [9.17, 15) is 4.79 Å². The third-order valence-corrected chi connectivity index (χ3v) is 0.778. The molecule has 0 aromatic carbocycles. The van der Waals surface area contributed by atoms with Gasteiger partial charge in [0.2, 0.25) is 0 Å². The van der Waals surface area contributed by atoms with Crippen LogP contribution in [-0.2, 0) is 0 Å². The molecular weight excluding hydrogens is 122 g/mol. The van der Waals surface area contributed by atoms with E-state index >= 15 is 0 Å². The molecule has 0 fully saturated rings. The molecule has 1 N–H and O–H groups in total. The summed E-state index contributed by atoms with van der Waals surface area (Å²) < 4.78 is 2.25. The predicted molar refractivity (Wildman–Crippen MR) is 27.9 cm³/mol. The summed E-state index contributed by atoms with van der Waals surface area (Å²) in [7, 11) is 0. The Morgan fingerprint density at radius 3 is 2.50 bits per heavy atom. The van der Waals surface area contributed by atoms with Crippen LogP contribution in [0, 0.1) is 0 Å². The number of carbonyl (C=O) groups excluding carboxylic acids is 1. The highest BCUT2D eigenvalue weighted by atomic mass is 35.5. The van der Waals surface area contributed by atoms with Crippen molar-refractivity contribution < 1.29 is 4.79 Å². The average Bonchev–Trinajstić information content (AvgIpc) is 1.35. The van der Waals surface area contributed by atoms with Gasteiger partial charge in [-0.1, -0.05) is 11.9 Å². The predicted octanol–water partition coefficient (Wildman–Crippen LogP) is 1.21. The maximum atomic E-state index is 9.68. The lowest BCUT2D eigenvalue weighted by Gasteiger charge is -1.85. The van der Waals surface area contributed by atoms with Crippen LogP contribution >= 0.6 is 23.5 Å². The third-order valence-electron chi connectivity index (χ3n) is 0.182. The highest BCUT2D eigenvalue weighted by molar-refractivity contribution is 7.97. The molecule has 0 aliphatic carbocycles. The maximum absolute atomic E-state index is 9.68. The Labute approximate surface area is 45.4 Å². The van der Waals surface area contributed by atoms with Crippen molar-refractivity contribution in [2.75, 3.05) is 6.26 Å². The molecule has 2 nitrogen and oxygen atoms in total. The standard InChI is InChI=1S/C2H4ClNOS/c1-6-4-2(3)5/h1H3,(H,4,5). The summed E-state index contributed by atoms with van der Waals surface area (Å²) in [5, 5.41) is -0.525. The molecule has 0 atom stereocenters. The van der Waals surface area contributed by atoms with Crippen LogP contribution in [0.1, 0.15) is 0 Å². The molecule has 6 heavy (non-hydrogen) atoms. The van der Waals surface area contributed by atoms with E-state index in [1.54, 1.807) is 6.26 Å². The van der Waals surface area contributed by atoms with Crippen LogP contribution in [-0.4, -0.2) is 11.6 Å². The van der Waals surface area contributed by atoms with Crippen molar-refractivity contribution in [1.82, 2.24) is 4.72 Å². The van der Waals surface area contributed by atoms with Crippen LogP contribution in [0.25, 0.3) is 0 Å². The fraction of sp³-hybridized carbons (Fsp3) is 0.500. The zero-order valence-electron chi connectivity index (χ0n) is 3.19. The van der Waals surface area contributed by atoms with Crippen molar-refractivity contribution in [3.05, 3.63) is 0 Å². The van der Waals surface area contributed by atoms with E-state index < -0.39 is 5.37 Å². The Bertz CT molecular complexity index is 57.5. The Balaban J connectivity index is 2.83. The molecule has 36 valence electrons. The lowest BCUT2D eigenvalue weighted by atomic mass is 11.5. The number of halogens is 1. The molecule has 0 rings (SSSR count). The second kappa shape index (κ2) is 3.31.